The number of nitrogens with one attached hydrogen (secondary N) is 2. The summed E-state index contributed by atoms with van der Waals surface area (Å²) in [5.74, 6) is 0.517. The van der Waals surface area contributed by atoms with Crippen molar-refractivity contribution in [3.8, 4) is 5.88 Å². The van der Waals surface area contributed by atoms with Crippen LogP contribution in [0.4, 0.5) is 13.2 Å². The number of aromatic nitrogens is 1. The van der Waals surface area contributed by atoms with Crippen LogP contribution in [-0.4, -0.2) is 50.0 Å². The predicted molar refractivity (Wildman–Crippen MR) is 98.9 cm³/mol. The molecule has 0 saturated carbocycles. The van der Waals surface area contributed by atoms with Gasteiger partial charge in [-0.3, -0.25) is 0 Å². The van der Waals surface area contributed by atoms with Crippen LogP contribution in [0.15, 0.2) is 23.3 Å². The van der Waals surface area contributed by atoms with E-state index >= 15 is 0 Å². The minimum absolute atomic E-state index is 0.00958. The minimum atomic E-state index is -4.40. The number of hydrogen-bond acceptors (Lipinski definition) is 4. The minimum Gasteiger partial charge on any atom is -0.468 e. The highest BCUT2D eigenvalue weighted by atomic mass is 19.4. The quantitative estimate of drug-likeness (QED) is 0.527. The molecule has 0 radical (unpaired) electrons. The van der Waals surface area contributed by atoms with Crippen molar-refractivity contribution in [2.75, 3.05) is 26.8 Å². The van der Waals surface area contributed by atoms with E-state index < -0.39 is 12.8 Å². The molecular formula is C18H29F3N4O2. The Morgan fingerprint density at radius 2 is 1.96 bits per heavy atom. The summed E-state index contributed by atoms with van der Waals surface area (Å²) in [6.07, 6.45) is -3.01. The van der Waals surface area contributed by atoms with Crippen LogP contribution in [0.1, 0.15) is 33.3 Å². The van der Waals surface area contributed by atoms with Gasteiger partial charge < -0.3 is 20.1 Å². The summed E-state index contributed by atoms with van der Waals surface area (Å²) >= 11 is 0. The molecule has 0 fully saturated rings. The van der Waals surface area contributed by atoms with Crippen molar-refractivity contribution in [1.29, 1.82) is 0 Å². The maximum absolute atomic E-state index is 12.2. The predicted octanol–water partition coefficient (Wildman–Crippen LogP) is 3.14. The van der Waals surface area contributed by atoms with Gasteiger partial charge in [0.15, 0.2) is 12.6 Å². The molecule has 0 bridgehead atoms. The van der Waals surface area contributed by atoms with Gasteiger partial charge in [-0.2, -0.15) is 13.2 Å². The summed E-state index contributed by atoms with van der Waals surface area (Å²) in [5, 5.41) is 6.36. The SMILES string of the molecule is CCNC(=NCc1ccnc(OCC(F)(F)F)c1)NCC(OC)C(C)(C)C. The van der Waals surface area contributed by atoms with Crippen molar-refractivity contribution in [1.82, 2.24) is 15.6 Å². The largest absolute Gasteiger partial charge is 0.468 e. The van der Waals surface area contributed by atoms with Gasteiger partial charge in [0.2, 0.25) is 5.88 Å². The first kappa shape index (κ1) is 23.0. The van der Waals surface area contributed by atoms with Gasteiger partial charge in [0.25, 0.3) is 0 Å². The molecule has 1 aromatic rings. The molecular weight excluding hydrogens is 361 g/mol. The number of pyridine rings is 1. The molecule has 1 unspecified atom stereocenters. The van der Waals surface area contributed by atoms with Gasteiger partial charge in [-0.25, -0.2) is 9.98 Å². The van der Waals surface area contributed by atoms with Crippen molar-refractivity contribution < 1.29 is 22.6 Å². The molecule has 1 atom stereocenters. The van der Waals surface area contributed by atoms with Gasteiger partial charge >= 0.3 is 6.18 Å². The average Bonchev–Trinajstić information content (AvgIpc) is 2.57. The van der Waals surface area contributed by atoms with Gasteiger partial charge in [0.05, 0.1) is 12.6 Å². The molecule has 0 aromatic carbocycles. The van der Waals surface area contributed by atoms with Crippen LogP contribution in [0.25, 0.3) is 0 Å². The smallest absolute Gasteiger partial charge is 0.422 e. The number of aliphatic imine (C=N–C) groups is 1. The summed E-state index contributed by atoms with van der Waals surface area (Å²) in [7, 11) is 1.67. The summed E-state index contributed by atoms with van der Waals surface area (Å²) in [6, 6.07) is 3.13. The standard InChI is InChI=1S/C18H29F3N4O2/c1-6-22-16(25-11-14(26-5)17(2,3)4)24-10-13-7-8-23-15(9-13)27-12-18(19,20)21/h7-9,14H,6,10-12H2,1-5H3,(H2,22,24,25). The molecule has 1 rings (SSSR count). The molecule has 1 aromatic heterocycles. The highest BCUT2D eigenvalue weighted by Crippen LogP contribution is 2.21. The molecule has 154 valence electrons. The second-order valence-corrected chi connectivity index (χ2v) is 7.07. The number of rotatable bonds is 8. The fourth-order valence-electron chi connectivity index (χ4n) is 2.23. The summed E-state index contributed by atoms with van der Waals surface area (Å²) in [6.45, 7) is 8.36. The lowest BCUT2D eigenvalue weighted by Crippen LogP contribution is -2.45. The number of halogens is 3. The topological polar surface area (TPSA) is 67.8 Å². The number of hydrogen-bond donors (Lipinski definition) is 2. The van der Waals surface area contributed by atoms with Crippen LogP contribution in [0.5, 0.6) is 5.88 Å². The van der Waals surface area contributed by atoms with Gasteiger partial charge in [-0.1, -0.05) is 20.8 Å². The Morgan fingerprint density at radius 1 is 1.26 bits per heavy atom. The third kappa shape index (κ3) is 9.46. The fourth-order valence-corrected chi connectivity index (χ4v) is 2.23. The number of methoxy groups -OCH3 is 1. The Kier molecular flexibility index (Phi) is 8.81. The highest BCUT2D eigenvalue weighted by molar-refractivity contribution is 5.79. The molecule has 0 saturated heterocycles. The molecule has 6 nitrogen and oxygen atoms in total. The van der Waals surface area contributed by atoms with E-state index in [0.717, 1.165) is 0 Å². The first-order chi connectivity index (χ1) is 12.5. The first-order valence-corrected chi connectivity index (χ1v) is 8.74. The van der Waals surface area contributed by atoms with Crippen molar-refractivity contribution in [3.63, 3.8) is 0 Å². The van der Waals surface area contributed by atoms with E-state index in [0.29, 0.717) is 24.6 Å². The maximum atomic E-state index is 12.2. The number of alkyl halides is 3. The van der Waals surface area contributed by atoms with E-state index in [1.807, 2.05) is 6.92 Å². The highest BCUT2D eigenvalue weighted by Gasteiger charge is 2.28. The maximum Gasteiger partial charge on any atom is 0.422 e. The molecule has 0 aliphatic heterocycles. The van der Waals surface area contributed by atoms with Crippen LogP contribution < -0.4 is 15.4 Å². The average molecular weight is 390 g/mol. The zero-order valence-electron chi connectivity index (χ0n) is 16.5. The van der Waals surface area contributed by atoms with Crippen molar-refractivity contribution in [2.24, 2.45) is 10.4 Å². The van der Waals surface area contributed by atoms with E-state index in [-0.39, 0.29) is 23.9 Å². The fraction of sp³-hybridized carbons (Fsp3) is 0.667. The molecule has 27 heavy (non-hydrogen) atoms. The molecule has 2 N–H and O–H groups in total. The normalized spacial score (nSPS) is 14.0. The third-order valence-electron chi connectivity index (χ3n) is 3.65. The number of nitrogens with zero attached hydrogens (tertiary/aromatic N) is 2. The summed E-state index contributed by atoms with van der Waals surface area (Å²) in [5.41, 5.74) is 0.660. The van der Waals surface area contributed by atoms with E-state index in [9.17, 15) is 13.2 Å². The zero-order valence-corrected chi connectivity index (χ0v) is 16.5. The Bertz CT molecular complexity index is 601. The van der Waals surface area contributed by atoms with Crippen LogP contribution in [0, 0.1) is 5.41 Å². The summed E-state index contributed by atoms with van der Waals surface area (Å²) in [4.78, 5) is 8.24. The Morgan fingerprint density at radius 3 is 2.52 bits per heavy atom. The molecule has 9 heteroatoms. The lowest BCUT2D eigenvalue weighted by molar-refractivity contribution is -0.154. The Labute approximate surface area is 158 Å². The second-order valence-electron chi connectivity index (χ2n) is 7.07. The van der Waals surface area contributed by atoms with E-state index in [1.165, 1.54) is 12.3 Å². The van der Waals surface area contributed by atoms with Crippen LogP contribution in [0.2, 0.25) is 0 Å². The van der Waals surface area contributed by atoms with Gasteiger partial charge in [0.1, 0.15) is 0 Å². The van der Waals surface area contributed by atoms with Crippen LogP contribution >= 0.6 is 0 Å². The molecule has 0 aliphatic rings. The van der Waals surface area contributed by atoms with Gasteiger partial charge in [0, 0.05) is 32.5 Å². The Hall–Kier alpha value is -2.03. The third-order valence-corrected chi connectivity index (χ3v) is 3.65. The zero-order chi connectivity index (χ0) is 20.5. The lowest BCUT2D eigenvalue weighted by Gasteiger charge is -2.30. The molecule has 0 aliphatic carbocycles. The van der Waals surface area contributed by atoms with Crippen LogP contribution in [0.3, 0.4) is 0 Å². The lowest BCUT2D eigenvalue weighted by atomic mass is 9.89. The summed E-state index contributed by atoms with van der Waals surface area (Å²) < 4.78 is 46.9. The van der Waals surface area contributed by atoms with Gasteiger partial charge in [-0.15, -0.1) is 0 Å². The van der Waals surface area contributed by atoms with Crippen molar-refractivity contribution >= 4 is 5.96 Å². The first-order valence-electron chi connectivity index (χ1n) is 8.74. The van der Waals surface area contributed by atoms with Crippen molar-refractivity contribution in [2.45, 2.75) is 46.5 Å². The molecule has 1 heterocycles. The molecule has 0 spiro atoms. The van der Waals surface area contributed by atoms with E-state index in [4.69, 9.17) is 4.74 Å². The monoisotopic (exact) mass is 390 g/mol. The number of guanidine groups is 1. The second kappa shape index (κ2) is 10.3. The van der Waals surface area contributed by atoms with E-state index in [1.54, 1.807) is 13.2 Å². The van der Waals surface area contributed by atoms with Gasteiger partial charge in [-0.05, 0) is 24.0 Å². The van der Waals surface area contributed by atoms with E-state index in [2.05, 4.69) is 46.1 Å². The number of ether oxygens (including phenoxy) is 2. The van der Waals surface area contributed by atoms with Crippen molar-refractivity contribution in [3.05, 3.63) is 23.9 Å². The Balaban J connectivity index is 2.72. The van der Waals surface area contributed by atoms with Crippen LogP contribution in [-0.2, 0) is 11.3 Å². The molecule has 0 amide bonds.